The third-order valence-corrected chi connectivity index (χ3v) is 4.80. The number of nitrogens with zero attached hydrogens (tertiary/aromatic N) is 2. The lowest BCUT2D eigenvalue weighted by Crippen LogP contribution is -2.22. The fourth-order valence-electron chi connectivity index (χ4n) is 2.35. The van der Waals surface area contributed by atoms with Gasteiger partial charge in [-0.25, -0.2) is 0 Å². The van der Waals surface area contributed by atoms with Crippen molar-refractivity contribution in [2.24, 2.45) is 5.73 Å². The summed E-state index contributed by atoms with van der Waals surface area (Å²) in [7, 11) is 0. The molecular formula is C19H18N4O3S. The first kappa shape index (κ1) is 18.7. The largest absolute Gasteiger partial charge is 0.411 e. The smallest absolute Gasteiger partial charge is 0.277 e. The van der Waals surface area contributed by atoms with Crippen molar-refractivity contribution >= 4 is 29.3 Å². The van der Waals surface area contributed by atoms with Crippen molar-refractivity contribution < 1.29 is 14.0 Å². The fourth-order valence-corrected chi connectivity index (χ4v) is 3.03. The Kier molecular flexibility index (Phi) is 5.56. The number of benzene rings is 2. The van der Waals surface area contributed by atoms with Gasteiger partial charge < -0.3 is 15.5 Å². The molecule has 0 spiro atoms. The highest BCUT2D eigenvalue weighted by atomic mass is 32.2. The van der Waals surface area contributed by atoms with Crippen LogP contribution in [0, 0.1) is 6.92 Å². The minimum atomic E-state index is -0.516. The van der Waals surface area contributed by atoms with Crippen LogP contribution in [0.2, 0.25) is 0 Å². The molecule has 0 aliphatic carbocycles. The van der Waals surface area contributed by atoms with Gasteiger partial charge in [0.05, 0.1) is 5.25 Å². The number of carbonyl (C=O) groups is 2. The highest BCUT2D eigenvalue weighted by Gasteiger charge is 2.19. The molecule has 8 heteroatoms. The molecule has 2 amide bonds. The minimum absolute atomic E-state index is 0.220. The molecule has 0 saturated carbocycles. The lowest BCUT2D eigenvalue weighted by molar-refractivity contribution is -0.115. The zero-order chi connectivity index (χ0) is 19.4. The summed E-state index contributed by atoms with van der Waals surface area (Å²) in [5.41, 5.74) is 8.05. The molecule has 1 aromatic heterocycles. The number of aromatic nitrogens is 2. The predicted octanol–water partition coefficient (Wildman–Crippen LogP) is 3.26. The molecule has 0 bridgehead atoms. The topological polar surface area (TPSA) is 111 Å². The van der Waals surface area contributed by atoms with Gasteiger partial charge in [0.2, 0.25) is 17.7 Å². The van der Waals surface area contributed by atoms with Crippen LogP contribution >= 0.6 is 11.8 Å². The van der Waals surface area contributed by atoms with E-state index < -0.39 is 11.2 Å². The number of carbonyl (C=O) groups excluding carboxylic acids is 2. The van der Waals surface area contributed by atoms with Crippen LogP contribution in [0.25, 0.3) is 11.5 Å². The fraction of sp³-hybridized carbons (Fsp3) is 0.158. The molecule has 3 rings (SSSR count). The average Bonchev–Trinajstić information content (AvgIpc) is 3.10. The maximum atomic E-state index is 12.4. The number of hydrogen-bond acceptors (Lipinski definition) is 6. The van der Waals surface area contributed by atoms with Gasteiger partial charge in [-0.15, -0.1) is 10.2 Å². The second-order valence-corrected chi connectivity index (χ2v) is 7.17. The van der Waals surface area contributed by atoms with Crippen molar-refractivity contribution in [1.82, 2.24) is 10.2 Å². The zero-order valence-corrected chi connectivity index (χ0v) is 15.6. The molecular weight excluding hydrogens is 364 g/mol. The van der Waals surface area contributed by atoms with Crippen LogP contribution in [0.5, 0.6) is 0 Å². The van der Waals surface area contributed by atoms with Crippen molar-refractivity contribution in [3.8, 4) is 11.5 Å². The van der Waals surface area contributed by atoms with Crippen LogP contribution in [0.3, 0.4) is 0 Å². The summed E-state index contributed by atoms with van der Waals surface area (Å²) < 4.78 is 5.67. The number of nitrogens with two attached hydrogens (primary N) is 1. The molecule has 0 fully saturated rings. The van der Waals surface area contributed by atoms with Crippen LogP contribution < -0.4 is 11.1 Å². The first-order valence-electron chi connectivity index (χ1n) is 8.21. The Morgan fingerprint density at radius 1 is 1.11 bits per heavy atom. The zero-order valence-electron chi connectivity index (χ0n) is 14.8. The van der Waals surface area contributed by atoms with Gasteiger partial charge in [0.25, 0.3) is 5.22 Å². The second-order valence-electron chi connectivity index (χ2n) is 5.88. The SMILES string of the molecule is Cc1ccccc1-c1nnc(SC(C)C(=O)Nc2ccc(C(N)=O)cc2)o1. The van der Waals surface area contributed by atoms with E-state index in [1.165, 1.54) is 11.8 Å². The summed E-state index contributed by atoms with van der Waals surface area (Å²) in [5.74, 6) is -0.314. The van der Waals surface area contributed by atoms with Gasteiger partial charge in [-0.2, -0.15) is 0 Å². The highest BCUT2D eigenvalue weighted by molar-refractivity contribution is 8.00. The van der Waals surface area contributed by atoms with Gasteiger partial charge in [0.1, 0.15) is 0 Å². The first-order valence-corrected chi connectivity index (χ1v) is 9.09. The van der Waals surface area contributed by atoms with Crippen molar-refractivity contribution in [3.63, 3.8) is 0 Å². The predicted molar refractivity (Wildman–Crippen MR) is 103 cm³/mol. The molecule has 3 aromatic rings. The summed E-state index contributed by atoms with van der Waals surface area (Å²) in [5, 5.41) is 10.7. The van der Waals surface area contributed by atoms with Crippen molar-refractivity contribution in [3.05, 3.63) is 59.7 Å². The highest BCUT2D eigenvalue weighted by Crippen LogP contribution is 2.28. The molecule has 7 nitrogen and oxygen atoms in total. The molecule has 0 aliphatic heterocycles. The van der Waals surface area contributed by atoms with E-state index in [9.17, 15) is 9.59 Å². The molecule has 1 heterocycles. The number of anilines is 1. The summed E-state index contributed by atoms with van der Waals surface area (Å²) in [6.07, 6.45) is 0. The van der Waals surface area contributed by atoms with Gasteiger partial charge in [-0.3, -0.25) is 9.59 Å². The van der Waals surface area contributed by atoms with Gasteiger partial charge in [-0.05, 0) is 49.7 Å². The van der Waals surface area contributed by atoms with Gasteiger partial charge >= 0.3 is 0 Å². The van der Waals surface area contributed by atoms with E-state index in [4.69, 9.17) is 10.2 Å². The van der Waals surface area contributed by atoms with Crippen LogP contribution in [0.1, 0.15) is 22.8 Å². The molecule has 27 heavy (non-hydrogen) atoms. The number of hydrogen-bond donors (Lipinski definition) is 2. The molecule has 138 valence electrons. The Morgan fingerprint density at radius 2 is 1.81 bits per heavy atom. The van der Waals surface area contributed by atoms with Crippen molar-refractivity contribution in [2.75, 3.05) is 5.32 Å². The maximum absolute atomic E-state index is 12.4. The van der Waals surface area contributed by atoms with Crippen molar-refractivity contribution in [2.45, 2.75) is 24.3 Å². The molecule has 0 aliphatic rings. The summed E-state index contributed by atoms with van der Waals surface area (Å²) in [6, 6.07) is 14.1. The minimum Gasteiger partial charge on any atom is -0.411 e. The van der Waals surface area contributed by atoms with E-state index in [0.29, 0.717) is 22.4 Å². The van der Waals surface area contributed by atoms with E-state index in [-0.39, 0.29) is 5.91 Å². The molecule has 0 radical (unpaired) electrons. The van der Waals surface area contributed by atoms with E-state index in [2.05, 4.69) is 15.5 Å². The number of aryl methyl sites for hydroxylation is 1. The van der Waals surface area contributed by atoms with Gasteiger partial charge in [0.15, 0.2) is 0 Å². The monoisotopic (exact) mass is 382 g/mol. The molecule has 3 N–H and O–H groups in total. The number of primary amides is 1. The Morgan fingerprint density at radius 3 is 2.48 bits per heavy atom. The molecule has 0 saturated heterocycles. The van der Waals surface area contributed by atoms with Crippen molar-refractivity contribution in [1.29, 1.82) is 0 Å². The number of thioether (sulfide) groups is 1. The van der Waals surface area contributed by atoms with Crippen LogP contribution in [0.15, 0.2) is 58.2 Å². The van der Waals surface area contributed by atoms with E-state index in [1.54, 1.807) is 31.2 Å². The maximum Gasteiger partial charge on any atom is 0.277 e. The lowest BCUT2D eigenvalue weighted by atomic mass is 10.1. The first-order chi connectivity index (χ1) is 12.9. The average molecular weight is 382 g/mol. The van der Waals surface area contributed by atoms with E-state index in [1.807, 2.05) is 31.2 Å². The van der Waals surface area contributed by atoms with Crippen LogP contribution in [0.4, 0.5) is 5.69 Å². The van der Waals surface area contributed by atoms with Gasteiger partial charge in [0, 0.05) is 16.8 Å². The number of amides is 2. The standard InChI is InChI=1S/C19H18N4O3S/c1-11-5-3-4-6-15(11)18-22-23-19(26-18)27-12(2)17(25)21-14-9-7-13(8-10-14)16(20)24/h3-10,12H,1-2H3,(H2,20,24)(H,21,25). The molecule has 1 unspecified atom stereocenters. The number of nitrogens with one attached hydrogen (secondary N) is 1. The summed E-state index contributed by atoms with van der Waals surface area (Å²) in [4.78, 5) is 23.4. The van der Waals surface area contributed by atoms with Crippen LogP contribution in [-0.2, 0) is 4.79 Å². The third-order valence-electron chi connectivity index (χ3n) is 3.87. The Hall–Kier alpha value is -3.13. The normalized spacial score (nSPS) is 11.8. The summed E-state index contributed by atoms with van der Waals surface area (Å²) in [6.45, 7) is 3.71. The molecule has 2 aromatic carbocycles. The summed E-state index contributed by atoms with van der Waals surface area (Å²) >= 11 is 1.17. The third kappa shape index (κ3) is 4.53. The van der Waals surface area contributed by atoms with E-state index in [0.717, 1.165) is 11.1 Å². The Labute approximate surface area is 160 Å². The lowest BCUT2D eigenvalue weighted by Gasteiger charge is -2.10. The number of rotatable bonds is 6. The van der Waals surface area contributed by atoms with Crippen LogP contribution in [-0.4, -0.2) is 27.3 Å². The Balaban J connectivity index is 1.63. The van der Waals surface area contributed by atoms with E-state index >= 15 is 0 Å². The second kappa shape index (κ2) is 8.05. The Bertz CT molecular complexity index is 969. The molecule has 1 atom stereocenters. The van der Waals surface area contributed by atoms with Gasteiger partial charge in [-0.1, -0.05) is 30.0 Å². The quantitative estimate of drug-likeness (QED) is 0.633.